The molecule has 0 aromatic carbocycles. The number of carbonyl (C=O) groups is 1. The molecular weight excluding hydrogens is 334 g/mol. The van der Waals surface area contributed by atoms with Crippen LogP contribution in [-0.4, -0.2) is 71.7 Å². The van der Waals surface area contributed by atoms with Gasteiger partial charge in [-0.2, -0.15) is 0 Å². The standard InChI is InChI=1S/C16H19N9O/c26-16(15-22-21-11-3-1-2-4-25(11)15)24-7-5-23(6-8-24)14-12-13(18-9-17-12)19-10-20-14/h9-10H,1-8H2,(H,17,18,19,20). The van der Waals surface area contributed by atoms with Crippen molar-refractivity contribution in [1.29, 1.82) is 0 Å². The number of fused-ring (bicyclic) bond motifs is 2. The maximum atomic E-state index is 12.9. The van der Waals surface area contributed by atoms with E-state index in [1.165, 1.54) is 6.33 Å². The van der Waals surface area contributed by atoms with Gasteiger partial charge in [0, 0.05) is 39.1 Å². The number of carbonyl (C=O) groups excluding carboxylic acids is 1. The molecule has 10 nitrogen and oxygen atoms in total. The van der Waals surface area contributed by atoms with Crippen LogP contribution in [0.25, 0.3) is 11.2 Å². The third-order valence-corrected chi connectivity index (χ3v) is 5.12. The molecule has 0 atom stereocenters. The van der Waals surface area contributed by atoms with Crippen molar-refractivity contribution in [2.75, 3.05) is 31.1 Å². The van der Waals surface area contributed by atoms with Crippen LogP contribution in [0.3, 0.4) is 0 Å². The second kappa shape index (κ2) is 6.04. The third-order valence-electron chi connectivity index (χ3n) is 5.12. The highest BCUT2D eigenvalue weighted by molar-refractivity contribution is 5.91. The van der Waals surface area contributed by atoms with Gasteiger partial charge in [0.25, 0.3) is 5.91 Å². The van der Waals surface area contributed by atoms with Gasteiger partial charge in [-0.3, -0.25) is 4.79 Å². The molecule has 2 aliphatic rings. The van der Waals surface area contributed by atoms with Crippen molar-refractivity contribution in [1.82, 2.24) is 39.6 Å². The fraction of sp³-hybridized carbons (Fsp3) is 0.500. The molecule has 0 radical (unpaired) electrons. The summed E-state index contributed by atoms with van der Waals surface area (Å²) in [7, 11) is 0. The van der Waals surface area contributed by atoms with Gasteiger partial charge in [-0.05, 0) is 12.8 Å². The number of anilines is 1. The molecule has 0 aliphatic carbocycles. The molecule has 3 aromatic heterocycles. The summed E-state index contributed by atoms with van der Waals surface area (Å²) in [5, 5.41) is 8.35. The Hall–Kier alpha value is -3.04. The fourth-order valence-electron chi connectivity index (χ4n) is 3.72. The number of nitrogens with zero attached hydrogens (tertiary/aromatic N) is 8. The van der Waals surface area contributed by atoms with Crippen LogP contribution >= 0.6 is 0 Å². The lowest BCUT2D eigenvalue weighted by atomic mass is 10.1. The molecule has 1 amide bonds. The van der Waals surface area contributed by atoms with Gasteiger partial charge < -0.3 is 19.4 Å². The van der Waals surface area contributed by atoms with Crippen molar-refractivity contribution in [3.8, 4) is 0 Å². The highest BCUT2D eigenvalue weighted by Gasteiger charge is 2.29. The highest BCUT2D eigenvalue weighted by atomic mass is 16.2. The fourth-order valence-corrected chi connectivity index (χ4v) is 3.72. The lowest BCUT2D eigenvalue weighted by molar-refractivity contribution is 0.0727. The van der Waals surface area contributed by atoms with E-state index < -0.39 is 0 Å². The second-order valence-electron chi connectivity index (χ2n) is 6.63. The maximum Gasteiger partial charge on any atom is 0.291 e. The largest absolute Gasteiger partial charge is 0.351 e. The van der Waals surface area contributed by atoms with E-state index in [0.29, 0.717) is 37.7 Å². The van der Waals surface area contributed by atoms with E-state index >= 15 is 0 Å². The molecule has 10 heteroatoms. The van der Waals surface area contributed by atoms with Gasteiger partial charge in [-0.15, -0.1) is 10.2 Å². The molecule has 1 saturated heterocycles. The lowest BCUT2D eigenvalue weighted by Gasteiger charge is -2.35. The Morgan fingerprint density at radius 3 is 2.77 bits per heavy atom. The van der Waals surface area contributed by atoms with Gasteiger partial charge in [0.05, 0.1) is 6.33 Å². The van der Waals surface area contributed by atoms with Crippen LogP contribution in [0, 0.1) is 0 Å². The molecule has 134 valence electrons. The first-order chi connectivity index (χ1) is 12.8. The number of H-pyrrole nitrogens is 1. The molecular formula is C16H19N9O. The Balaban J connectivity index is 1.32. The monoisotopic (exact) mass is 353 g/mol. The number of aromatic nitrogens is 7. The van der Waals surface area contributed by atoms with Crippen molar-refractivity contribution in [2.24, 2.45) is 0 Å². The molecule has 0 spiro atoms. The second-order valence-corrected chi connectivity index (χ2v) is 6.63. The highest BCUT2D eigenvalue weighted by Crippen LogP contribution is 2.22. The van der Waals surface area contributed by atoms with Crippen LogP contribution < -0.4 is 4.90 Å². The van der Waals surface area contributed by atoms with Crippen molar-refractivity contribution < 1.29 is 4.79 Å². The topological polar surface area (TPSA) is 109 Å². The number of aromatic amines is 1. The van der Waals surface area contributed by atoms with Crippen LogP contribution in [0.5, 0.6) is 0 Å². The smallest absolute Gasteiger partial charge is 0.291 e. The minimum atomic E-state index is -0.0281. The number of hydrogen-bond donors (Lipinski definition) is 1. The van der Waals surface area contributed by atoms with Gasteiger partial charge in [-0.25, -0.2) is 15.0 Å². The summed E-state index contributed by atoms with van der Waals surface area (Å²) in [5.41, 5.74) is 1.49. The predicted octanol–water partition coefficient (Wildman–Crippen LogP) is 0.243. The van der Waals surface area contributed by atoms with E-state index in [-0.39, 0.29) is 5.91 Å². The van der Waals surface area contributed by atoms with Crippen LogP contribution in [0.2, 0.25) is 0 Å². The van der Waals surface area contributed by atoms with E-state index in [1.54, 1.807) is 6.33 Å². The minimum absolute atomic E-state index is 0.0281. The summed E-state index contributed by atoms with van der Waals surface area (Å²) in [4.78, 5) is 32.7. The molecule has 2 aliphatic heterocycles. The van der Waals surface area contributed by atoms with Gasteiger partial charge in [0.1, 0.15) is 17.7 Å². The summed E-state index contributed by atoms with van der Waals surface area (Å²) in [6.07, 6.45) is 6.25. The van der Waals surface area contributed by atoms with Gasteiger partial charge in [0.15, 0.2) is 11.5 Å². The van der Waals surface area contributed by atoms with E-state index in [2.05, 4.69) is 35.0 Å². The zero-order valence-electron chi connectivity index (χ0n) is 14.3. The number of rotatable bonds is 2. The van der Waals surface area contributed by atoms with Crippen LogP contribution in [0.4, 0.5) is 5.82 Å². The SMILES string of the molecule is O=C(c1nnc2n1CCCC2)N1CCN(c2ncnc3nc[nH]c23)CC1. The van der Waals surface area contributed by atoms with Crippen LogP contribution in [0.1, 0.15) is 29.3 Å². The van der Waals surface area contributed by atoms with Crippen molar-refractivity contribution >= 4 is 22.9 Å². The molecule has 1 N–H and O–H groups in total. The van der Waals surface area contributed by atoms with Crippen molar-refractivity contribution in [2.45, 2.75) is 25.8 Å². The summed E-state index contributed by atoms with van der Waals surface area (Å²) in [6, 6.07) is 0. The number of hydrogen-bond acceptors (Lipinski definition) is 7. The van der Waals surface area contributed by atoms with E-state index in [0.717, 1.165) is 43.0 Å². The number of imidazole rings is 1. The summed E-state index contributed by atoms with van der Waals surface area (Å²) in [5.74, 6) is 2.21. The van der Waals surface area contributed by atoms with Crippen molar-refractivity contribution in [3.05, 3.63) is 24.3 Å². The van der Waals surface area contributed by atoms with E-state index in [4.69, 9.17) is 0 Å². The molecule has 5 rings (SSSR count). The van der Waals surface area contributed by atoms with Crippen LogP contribution in [-0.2, 0) is 13.0 Å². The van der Waals surface area contributed by atoms with Gasteiger partial charge >= 0.3 is 0 Å². The van der Waals surface area contributed by atoms with Crippen LogP contribution in [0.15, 0.2) is 12.7 Å². The molecule has 3 aromatic rings. The first-order valence-corrected chi connectivity index (χ1v) is 8.91. The summed E-state index contributed by atoms with van der Waals surface area (Å²) >= 11 is 0. The Kier molecular flexibility index (Phi) is 3.54. The zero-order valence-corrected chi connectivity index (χ0v) is 14.3. The Morgan fingerprint density at radius 1 is 1.00 bits per heavy atom. The van der Waals surface area contributed by atoms with E-state index in [9.17, 15) is 4.79 Å². The Morgan fingerprint density at radius 2 is 1.88 bits per heavy atom. The van der Waals surface area contributed by atoms with Gasteiger partial charge in [-0.1, -0.05) is 0 Å². The average Bonchev–Trinajstić information content (AvgIpc) is 3.34. The normalized spacial score (nSPS) is 17.5. The van der Waals surface area contributed by atoms with E-state index in [1.807, 2.05) is 9.47 Å². The predicted molar refractivity (Wildman–Crippen MR) is 92.8 cm³/mol. The maximum absolute atomic E-state index is 12.9. The number of amides is 1. The number of aryl methyl sites for hydroxylation is 1. The molecule has 26 heavy (non-hydrogen) atoms. The molecule has 5 heterocycles. The molecule has 0 bridgehead atoms. The molecule has 1 fully saturated rings. The first-order valence-electron chi connectivity index (χ1n) is 8.91. The minimum Gasteiger partial charge on any atom is -0.351 e. The lowest BCUT2D eigenvalue weighted by Crippen LogP contribution is -2.49. The first kappa shape index (κ1) is 15.2. The van der Waals surface area contributed by atoms with Crippen molar-refractivity contribution in [3.63, 3.8) is 0 Å². The van der Waals surface area contributed by atoms with Gasteiger partial charge in [0.2, 0.25) is 5.82 Å². The average molecular weight is 353 g/mol. The molecule has 0 saturated carbocycles. The zero-order chi connectivity index (χ0) is 17.5. The number of nitrogens with one attached hydrogen (secondary N) is 1. The Bertz CT molecular complexity index is 954. The summed E-state index contributed by atoms with van der Waals surface area (Å²) in [6.45, 7) is 3.50. The third kappa shape index (κ3) is 2.40. The molecule has 0 unspecified atom stereocenters. The quantitative estimate of drug-likeness (QED) is 0.703. The summed E-state index contributed by atoms with van der Waals surface area (Å²) < 4.78 is 1.98. The number of piperazine rings is 1. The Labute approximate surface area is 149 Å².